The molecule has 0 unspecified atom stereocenters. The summed E-state index contributed by atoms with van der Waals surface area (Å²) in [5.74, 6) is 2.44. The van der Waals surface area contributed by atoms with Gasteiger partial charge in [-0.3, -0.25) is 4.79 Å². The molecule has 1 amide bonds. The topological polar surface area (TPSA) is 71.0 Å². The van der Waals surface area contributed by atoms with Gasteiger partial charge in [-0.05, 0) is 55.7 Å². The molecule has 2 aliphatic heterocycles. The molecule has 144 valence electrons. The van der Waals surface area contributed by atoms with E-state index in [1.54, 1.807) is 14.2 Å². The lowest BCUT2D eigenvalue weighted by Gasteiger charge is -2.33. The van der Waals surface area contributed by atoms with Gasteiger partial charge >= 0.3 is 0 Å². The predicted octanol–water partition coefficient (Wildman–Crippen LogP) is 1.60. The van der Waals surface area contributed by atoms with Crippen molar-refractivity contribution in [3.05, 3.63) is 23.8 Å². The largest absolute Gasteiger partial charge is 0.497 e. The molecule has 2 heterocycles. The van der Waals surface area contributed by atoms with Crippen molar-refractivity contribution >= 4 is 5.91 Å². The van der Waals surface area contributed by atoms with Gasteiger partial charge < -0.3 is 24.8 Å². The number of carbonyl (C=O) groups is 1. The maximum Gasteiger partial charge on any atom is 0.239 e. The number of nitrogens with one attached hydrogen (secondary N) is 1. The second kappa shape index (κ2) is 8.73. The molecule has 1 aromatic carbocycles. The minimum absolute atomic E-state index is 0.150. The highest BCUT2D eigenvalue weighted by atomic mass is 16.5. The number of β-amino-alcohol motifs (C(OH)–C–C–N with tert-alkyl or cyclic N) is 1. The van der Waals surface area contributed by atoms with Gasteiger partial charge in [-0.15, -0.1) is 0 Å². The fourth-order valence-electron chi connectivity index (χ4n) is 3.95. The van der Waals surface area contributed by atoms with E-state index in [0.29, 0.717) is 18.9 Å². The van der Waals surface area contributed by atoms with Crippen LogP contribution in [0.4, 0.5) is 0 Å². The first-order valence-electron chi connectivity index (χ1n) is 9.51. The Labute approximate surface area is 155 Å². The number of methoxy groups -OCH3 is 2. The van der Waals surface area contributed by atoms with Gasteiger partial charge in [-0.1, -0.05) is 0 Å². The first-order chi connectivity index (χ1) is 12.6. The number of aliphatic hydroxyl groups excluding tert-OH is 1. The zero-order valence-corrected chi connectivity index (χ0v) is 15.7. The van der Waals surface area contributed by atoms with E-state index >= 15 is 0 Å². The molecule has 0 bridgehead atoms. The molecule has 6 heteroatoms. The first-order valence-corrected chi connectivity index (χ1v) is 9.51. The van der Waals surface area contributed by atoms with Gasteiger partial charge in [-0.25, -0.2) is 0 Å². The summed E-state index contributed by atoms with van der Waals surface area (Å²) in [7, 11) is 3.34. The van der Waals surface area contributed by atoms with Crippen molar-refractivity contribution in [2.75, 3.05) is 33.9 Å². The smallest absolute Gasteiger partial charge is 0.239 e. The van der Waals surface area contributed by atoms with Crippen molar-refractivity contribution in [2.24, 2.45) is 5.92 Å². The molecule has 0 aromatic heterocycles. The quantitative estimate of drug-likeness (QED) is 0.804. The van der Waals surface area contributed by atoms with Crippen LogP contribution in [0.15, 0.2) is 18.2 Å². The lowest BCUT2D eigenvalue weighted by molar-refractivity contribution is -0.134. The highest BCUT2D eigenvalue weighted by Crippen LogP contribution is 2.27. The molecule has 2 saturated heterocycles. The van der Waals surface area contributed by atoms with Crippen LogP contribution in [0.2, 0.25) is 0 Å². The third kappa shape index (κ3) is 4.68. The van der Waals surface area contributed by atoms with E-state index in [1.165, 1.54) is 5.56 Å². The number of benzene rings is 1. The molecule has 26 heavy (non-hydrogen) atoms. The van der Waals surface area contributed by atoms with Crippen LogP contribution in [0.1, 0.15) is 31.2 Å². The fraction of sp³-hybridized carbons (Fsp3) is 0.650. The van der Waals surface area contributed by atoms with Crippen molar-refractivity contribution in [1.29, 1.82) is 0 Å². The van der Waals surface area contributed by atoms with E-state index in [4.69, 9.17) is 9.47 Å². The number of aryl methyl sites for hydroxylation is 1. The lowest BCUT2D eigenvalue weighted by atomic mass is 9.90. The van der Waals surface area contributed by atoms with Gasteiger partial charge in [0, 0.05) is 25.7 Å². The Balaban J connectivity index is 1.46. The van der Waals surface area contributed by atoms with Crippen LogP contribution in [0.3, 0.4) is 0 Å². The van der Waals surface area contributed by atoms with E-state index in [9.17, 15) is 9.90 Å². The van der Waals surface area contributed by atoms with Gasteiger partial charge in [-0.2, -0.15) is 0 Å². The SMILES string of the molecule is COc1cc(CCC2CCN(C(=O)[C@@H]3C[C@@H](O)CN3)CC2)cc(OC)c1. The highest BCUT2D eigenvalue weighted by Gasteiger charge is 2.32. The Morgan fingerprint density at radius 2 is 1.85 bits per heavy atom. The van der Waals surface area contributed by atoms with Gasteiger partial charge in [0.05, 0.1) is 26.4 Å². The molecule has 2 atom stereocenters. The summed E-state index contributed by atoms with van der Waals surface area (Å²) in [5, 5.41) is 12.7. The van der Waals surface area contributed by atoms with Gasteiger partial charge in [0.15, 0.2) is 0 Å². The number of amides is 1. The molecule has 2 N–H and O–H groups in total. The van der Waals surface area contributed by atoms with Crippen molar-refractivity contribution in [3.63, 3.8) is 0 Å². The van der Waals surface area contributed by atoms with Crippen LogP contribution in [-0.4, -0.2) is 61.9 Å². The van der Waals surface area contributed by atoms with Gasteiger partial charge in [0.1, 0.15) is 11.5 Å². The Morgan fingerprint density at radius 3 is 2.38 bits per heavy atom. The fourth-order valence-corrected chi connectivity index (χ4v) is 3.95. The second-order valence-corrected chi connectivity index (χ2v) is 7.38. The van der Waals surface area contributed by atoms with Gasteiger partial charge in [0.25, 0.3) is 0 Å². The van der Waals surface area contributed by atoms with Crippen LogP contribution in [0.25, 0.3) is 0 Å². The van der Waals surface area contributed by atoms with Crippen LogP contribution in [0, 0.1) is 5.92 Å². The van der Waals surface area contributed by atoms with E-state index in [-0.39, 0.29) is 18.1 Å². The minimum atomic E-state index is -0.388. The normalized spacial score (nSPS) is 23.9. The van der Waals surface area contributed by atoms with E-state index in [2.05, 4.69) is 17.4 Å². The molecule has 0 radical (unpaired) electrons. The third-order valence-electron chi connectivity index (χ3n) is 5.58. The van der Waals surface area contributed by atoms with Gasteiger partial charge in [0.2, 0.25) is 5.91 Å². The molecule has 2 aliphatic rings. The Morgan fingerprint density at radius 1 is 1.19 bits per heavy atom. The molecule has 0 aliphatic carbocycles. The molecule has 2 fully saturated rings. The summed E-state index contributed by atoms with van der Waals surface area (Å²) in [6.45, 7) is 2.16. The molecular formula is C20H30N2O4. The number of hydrogen-bond acceptors (Lipinski definition) is 5. The van der Waals surface area contributed by atoms with Crippen molar-refractivity contribution in [2.45, 2.75) is 44.2 Å². The summed E-state index contributed by atoms with van der Waals surface area (Å²) in [4.78, 5) is 14.5. The first kappa shape index (κ1) is 19.0. The number of piperidine rings is 1. The third-order valence-corrected chi connectivity index (χ3v) is 5.58. The zero-order valence-electron chi connectivity index (χ0n) is 15.7. The van der Waals surface area contributed by atoms with Crippen LogP contribution in [0.5, 0.6) is 11.5 Å². The number of rotatable bonds is 6. The van der Waals surface area contributed by atoms with Crippen molar-refractivity contribution < 1.29 is 19.4 Å². The standard InChI is InChI=1S/C20H30N2O4/c1-25-17-9-15(10-18(12-17)26-2)4-3-14-5-7-22(8-6-14)20(24)19-11-16(23)13-21-19/h9-10,12,14,16,19,21,23H,3-8,11,13H2,1-2H3/t16-,19+/m1/s1. The monoisotopic (exact) mass is 362 g/mol. The van der Waals surface area contributed by atoms with E-state index < -0.39 is 0 Å². The van der Waals surface area contributed by atoms with Crippen LogP contribution >= 0.6 is 0 Å². The molecule has 0 spiro atoms. The number of ether oxygens (including phenoxy) is 2. The second-order valence-electron chi connectivity index (χ2n) is 7.38. The number of likely N-dealkylation sites (tertiary alicyclic amines) is 1. The summed E-state index contributed by atoms with van der Waals surface area (Å²) in [5.41, 5.74) is 1.23. The molecule has 1 aromatic rings. The van der Waals surface area contributed by atoms with Crippen molar-refractivity contribution in [3.8, 4) is 11.5 Å². The Kier molecular flexibility index (Phi) is 6.38. The summed E-state index contributed by atoms with van der Waals surface area (Å²) >= 11 is 0. The maximum absolute atomic E-state index is 12.5. The van der Waals surface area contributed by atoms with E-state index in [1.807, 2.05) is 11.0 Å². The number of hydrogen-bond donors (Lipinski definition) is 2. The highest BCUT2D eigenvalue weighted by molar-refractivity contribution is 5.82. The minimum Gasteiger partial charge on any atom is -0.497 e. The summed E-state index contributed by atoms with van der Waals surface area (Å²) in [6, 6.07) is 5.82. The molecular weight excluding hydrogens is 332 g/mol. The Hall–Kier alpha value is -1.79. The van der Waals surface area contributed by atoms with Crippen LogP contribution in [-0.2, 0) is 11.2 Å². The Bertz CT molecular complexity index is 592. The average molecular weight is 362 g/mol. The number of aliphatic hydroxyl groups is 1. The lowest BCUT2D eigenvalue weighted by Crippen LogP contribution is -2.47. The average Bonchev–Trinajstić information content (AvgIpc) is 3.12. The zero-order chi connectivity index (χ0) is 18.5. The van der Waals surface area contributed by atoms with Crippen molar-refractivity contribution in [1.82, 2.24) is 10.2 Å². The molecule has 0 saturated carbocycles. The predicted molar refractivity (Wildman–Crippen MR) is 99.6 cm³/mol. The summed E-state index contributed by atoms with van der Waals surface area (Å²) in [6.07, 6.45) is 4.34. The number of nitrogens with zero attached hydrogens (tertiary/aromatic N) is 1. The van der Waals surface area contributed by atoms with E-state index in [0.717, 1.165) is 50.3 Å². The molecule has 6 nitrogen and oxygen atoms in total. The maximum atomic E-state index is 12.5. The summed E-state index contributed by atoms with van der Waals surface area (Å²) < 4.78 is 10.7. The number of carbonyl (C=O) groups excluding carboxylic acids is 1. The van der Waals surface area contributed by atoms with Crippen LogP contribution < -0.4 is 14.8 Å². The molecule has 3 rings (SSSR count).